The zero-order valence-corrected chi connectivity index (χ0v) is 17.9. The SMILES string of the molecule is NC(=O)c1cccc2c1c1c(OCC(=O)[O-])cccc1n2Cc1ccccc1.[Na+]. The normalized spacial score (nSPS) is 10.6. The molecule has 0 aliphatic carbocycles. The van der Waals surface area contributed by atoms with E-state index in [2.05, 4.69) is 4.57 Å². The number of aromatic nitrogens is 1. The monoisotopic (exact) mass is 396 g/mol. The molecule has 1 amide bonds. The van der Waals surface area contributed by atoms with E-state index in [9.17, 15) is 14.7 Å². The maximum atomic E-state index is 12.1. The van der Waals surface area contributed by atoms with E-state index in [0.717, 1.165) is 16.6 Å². The predicted octanol–water partition coefficient (Wildman–Crippen LogP) is -0.926. The van der Waals surface area contributed by atoms with Crippen molar-refractivity contribution in [3.05, 3.63) is 77.9 Å². The third kappa shape index (κ3) is 4.00. The quantitative estimate of drug-likeness (QED) is 0.426. The molecule has 0 saturated carbocycles. The Hall–Kier alpha value is -2.80. The second-order valence-electron chi connectivity index (χ2n) is 6.45. The summed E-state index contributed by atoms with van der Waals surface area (Å²) in [5.74, 6) is -1.51. The van der Waals surface area contributed by atoms with Crippen LogP contribution in [0.5, 0.6) is 5.75 Å². The standard InChI is InChI=1S/C22H18N2O4.Na/c23-22(27)15-8-4-9-16-20(15)21-17(10-5-11-18(21)28-13-19(25)26)24(16)12-14-6-2-1-3-7-14;/h1-11H,12-13H2,(H2,23,27)(H,25,26);/q;+1/p-1. The summed E-state index contributed by atoms with van der Waals surface area (Å²) < 4.78 is 7.53. The molecule has 4 aromatic rings. The van der Waals surface area contributed by atoms with Crippen molar-refractivity contribution < 1.29 is 49.0 Å². The van der Waals surface area contributed by atoms with Crippen molar-refractivity contribution in [3.8, 4) is 5.75 Å². The van der Waals surface area contributed by atoms with E-state index in [1.54, 1.807) is 24.3 Å². The number of carboxylic acid groups (broad SMARTS) is 1. The number of nitrogens with zero attached hydrogens (tertiary/aromatic N) is 1. The van der Waals surface area contributed by atoms with Crippen LogP contribution < -0.4 is 45.1 Å². The number of rotatable bonds is 6. The van der Waals surface area contributed by atoms with Crippen LogP contribution in [0, 0.1) is 0 Å². The van der Waals surface area contributed by atoms with E-state index in [4.69, 9.17) is 10.5 Å². The number of amides is 1. The average molecular weight is 396 g/mol. The maximum Gasteiger partial charge on any atom is 1.00 e. The molecule has 1 heterocycles. The van der Waals surface area contributed by atoms with Gasteiger partial charge in [0.2, 0.25) is 5.91 Å². The van der Waals surface area contributed by atoms with E-state index in [0.29, 0.717) is 28.6 Å². The molecule has 0 atom stereocenters. The second-order valence-corrected chi connectivity index (χ2v) is 6.45. The van der Waals surface area contributed by atoms with Crippen molar-refractivity contribution in [3.63, 3.8) is 0 Å². The number of carbonyl (C=O) groups is 2. The van der Waals surface area contributed by atoms with E-state index in [1.807, 2.05) is 42.5 Å². The summed E-state index contributed by atoms with van der Waals surface area (Å²) in [5, 5.41) is 12.2. The minimum atomic E-state index is -1.32. The van der Waals surface area contributed by atoms with Crippen molar-refractivity contribution in [2.45, 2.75) is 6.54 Å². The van der Waals surface area contributed by atoms with Gasteiger partial charge in [0.25, 0.3) is 0 Å². The Kier molecular flexibility index (Phi) is 6.27. The Bertz CT molecular complexity index is 1200. The number of ether oxygens (including phenoxy) is 1. The van der Waals surface area contributed by atoms with Gasteiger partial charge in [-0.15, -0.1) is 0 Å². The number of carbonyl (C=O) groups excluding carboxylic acids is 2. The number of fused-ring (bicyclic) bond motifs is 3. The van der Waals surface area contributed by atoms with Crippen LogP contribution in [-0.2, 0) is 11.3 Å². The molecule has 0 fully saturated rings. The van der Waals surface area contributed by atoms with Crippen LogP contribution in [0.25, 0.3) is 21.8 Å². The van der Waals surface area contributed by atoms with Crippen molar-refractivity contribution in [1.82, 2.24) is 4.57 Å². The van der Waals surface area contributed by atoms with E-state index < -0.39 is 18.5 Å². The van der Waals surface area contributed by atoms with Crippen LogP contribution in [0.4, 0.5) is 0 Å². The number of carboxylic acids is 1. The smallest absolute Gasteiger partial charge is 0.546 e. The first-order chi connectivity index (χ1) is 13.6. The molecule has 29 heavy (non-hydrogen) atoms. The molecule has 0 aliphatic heterocycles. The molecular formula is C22H17N2NaO4. The van der Waals surface area contributed by atoms with Crippen molar-refractivity contribution in [1.29, 1.82) is 0 Å². The van der Waals surface area contributed by atoms with Crippen LogP contribution in [-0.4, -0.2) is 23.1 Å². The maximum absolute atomic E-state index is 12.1. The summed E-state index contributed by atoms with van der Waals surface area (Å²) in [4.78, 5) is 23.0. The molecule has 1 aromatic heterocycles. The Balaban J connectivity index is 0.00000240. The van der Waals surface area contributed by atoms with Crippen LogP contribution in [0.1, 0.15) is 15.9 Å². The summed E-state index contributed by atoms with van der Waals surface area (Å²) in [7, 11) is 0. The van der Waals surface area contributed by atoms with Gasteiger partial charge in [0.05, 0.1) is 22.4 Å². The summed E-state index contributed by atoms with van der Waals surface area (Å²) in [5.41, 5.74) is 8.70. The fourth-order valence-electron chi connectivity index (χ4n) is 3.55. The molecule has 0 aliphatic rings. The van der Waals surface area contributed by atoms with Crippen molar-refractivity contribution in [2.75, 3.05) is 6.61 Å². The third-order valence-electron chi connectivity index (χ3n) is 4.67. The molecule has 6 nitrogen and oxygen atoms in total. The first kappa shape index (κ1) is 20.9. The van der Waals surface area contributed by atoms with Gasteiger partial charge in [-0.05, 0) is 29.8 Å². The first-order valence-corrected chi connectivity index (χ1v) is 8.76. The summed E-state index contributed by atoms with van der Waals surface area (Å²) in [6.07, 6.45) is 0. The Morgan fingerprint density at radius 3 is 2.21 bits per heavy atom. The van der Waals surface area contributed by atoms with Gasteiger partial charge in [0, 0.05) is 17.5 Å². The van der Waals surface area contributed by atoms with Crippen molar-refractivity contribution >= 4 is 33.7 Å². The topological polar surface area (TPSA) is 97.4 Å². The molecule has 0 unspecified atom stereocenters. The van der Waals surface area contributed by atoms with Gasteiger partial charge in [-0.2, -0.15) is 0 Å². The first-order valence-electron chi connectivity index (χ1n) is 8.76. The number of nitrogens with two attached hydrogens (primary N) is 1. The molecule has 4 rings (SSSR count). The predicted molar refractivity (Wildman–Crippen MR) is 104 cm³/mol. The molecule has 0 radical (unpaired) electrons. The van der Waals surface area contributed by atoms with Gasteiger partial charge in [-0.1, -0.05) is 42.5 Å². The van der Waals surface area contributed by atoms with Gasteiger partial charge < -0.3 is 24.9 Å². The third-order valence-corrected chi connectivity index (χ3v) is 4.67. The number of aliphatic carboxylic acids is 1. The van der Waals surface area contributed by atoms with Crippen LogP contribution in [0.15, 0.2) is 66.7 Å². The molecule has 7 heteroatoms. The van der Waals surface area contributed by atoms with Crippen LogP contribution >= 0.6 is 0 Å². The Labute approximate surface area is 189 Å². The second kappa shape index (κ2) is 8.69. The van der Waals surface area contributed by atoms with E-state index in [1.165, 1.54) is 0 Å². The molecule has 0 saturated heterocycles. The van der Waals surface area contributed by atoms with E-state index in [-0.39, 0.29) is 29.6 Å². The fraction of sp³-hybridized carbons (Fsp3) is 0.0909. The van der Waals surface area contributed by atoms with Gasteiger partial charge in [0.1, 0.15) is 12.4 Å². The van der Waals surface area contributed by atoms with Crippen molar-refractivity contribution in [2.24, 2.45) is 5.73 Å². The Morgan fingerprint density at radius 2 is 1.55 bits per heavy atom. The number of hydrogen-bond acceptors (Lipinski definition) is 4. The molecule has 0 spiro atoms. The van der Waals surface area contributed by atoms with Gasteiger partial charge >= 0.3 is 29.6 Å². The molecular weight excluding hydrogens is 379 g/mol. The Morgan fingerprint density at radius 1 is 0.897 bits per heavy atom. The number of hydrogen-bond donors (Lipinski definition) is 1. The average Bonchev–Trinajstić information content (AvgIpc) is 3.01. The molecule has 0 bridgehead atoms. The van der Waals surface area contributed by atoms with E-state index >= 15 is 0 Å². The van der Waals surface area contributed by atoms with Crippen LogP contribution in [0.2, 0.25) is 0 Å². The minimum absolute atomic E-state index is 0. The summed E-state index contributed by atoms with van der Waals surface area (Å²) in [6, 6.07) is 20.6. The molecule has 2 N–H and O–H groups in total. The fourth-order valence-corrected chi connectivity index (χ4v) is 3.55. The van der Waals surface area contributed by atoms with Gasteiger partial charge in [-0.3, -0.25) is 4.79 Å². The minimum Gasteiger partial charge on any atom is -0.546 e. The largest absolute Gasteiger partial charge is 1.00 e. The molecule has 140 valence electrons. The zero-order chi connectivity index (χ0) is 19.7. The van der Waals surface area contributed by atoms with Gasteiger partial charge in [-0.25, -0.2) is 0 Å². The number of primary amides is 1. The summed E-state index contributed by atoms with van der Waals surface area (Å²) >= 11 is 0. The molecule has 3 aromatic carbocycles. The zero-order valence-electron chi connectivity index (χ0n) is 15.9. The van der Waals surface area contributed by atoms with Gasteiger partial charge in [0.15, 0.2) is 0 Å². The van der Waals surface area contributed by atoms with Crippen LogP contribution in [0.3, 0.4) is 0 Å². The number of benzene rings is 3. The summed E-state index contributed by atoms with van der Waals surface area (Å²) in [6.45, 7) is -0.00376.